The number of para-hydroxylation sites is 1. The summed E-state index contributed by atoms with van der Waals surface area (Å²) in [6.07, 6.45) is 2.01. The Balaban J connectivity index is 1.67. The van der Waals surface area contributed by atoms with Crippen molar-refractivity contribution >= 4 is 35.2 Å². The molecule has 3 amide bonds. The fourth-order valence-electron chi connectivity index (χ4n) is 5.86. The number of rotatable bonds is 8. The molecule has 8 heteroatoms. The van der Waals surface area contributed by atoms with Crippen molar-refractivity contribution in [2.24, 2.45) is 17.8 Å². The number of thioether (sulfide) groups is 1. The number of hydrogen-bond donors (Lipinski definition) is 3. The SMILES string of the molecule is CC(C)NC(=O)C1N(CCCCO)C(=O)[C@@H]2[C@@H](C(=O)Nc3ccccc3)[C@H]3CC(C)C12S3. The van der Waals surface area contributed by atoms with E-state index in [1.54, 1.807) is 16.7 Å². The van der Waals surface area contributed by atoms with Crippen LogP contribution in [0.1, 0.15) is 40.0 Å². The predicted molar refractivity (Wildman–Crippen MR) is 125 cm³/mol. The Kier molecular flexibility index (Phi) is 6.54. The Morgan fingerprint density at radius 1 is 1.22 bits per heavy atom. The van der Waals surface area contributed by atoms with Crippen LogP contribution in [0.5, 0.6) is 0 Å². The first kappa shape index (κ1) is 23.1. The average Bonchev–Trinajstić information content (AvgIpc) is 3.32. The van der Waals surface area contributed by atoms with E-state index in [4.69, 9.17) is 0 Å². The maximum Gasteiger partial charge on any atom is 0.244 e. The molecule has 1 aromatic carbocycles. The molecule has 3 unspecified atom stereocenters. The van der Waals surface area contributed by atoms with Gasteiger partial charge in [-0.3, -0.25) is 14.4 Å². The third kappa shape index (κ3) is 3.71. The van der Waals surface area contributed by atoms with Crippen LogP contribution in [0.15, 0.2) is 30.3 Å². The van der Waals surface area contributed by atoms with Crippen molar-refractivity contribution in [1.82, 2.24) is 10.2 Å². The van der Waals surface area contributed by atoms with Gasteiger partial charge in [-0.25, -0.2) is 0 Å². The van der Waals surface area contributed by atoms with Crippen molar-refractivity contribution in [3.05, 3.63) is 30.3 Å². The Morgan fingerprint density at radius 2 is 1.94 bits per heavy atom. The summed E-state index contributed by atoms with van der Waals surface area (Å²) in [5.74, 6) is -1.19. The van der Waals surface area contributed by atoms with E-state index in [-0.39, 0.29) is 41.5 Å². The number of anilines is 1. The van der Waals surface area contributed by atoms with E-state index in [2.05, 4.69) is 17.6 Å². The molecule has 4 rings (SSSR count). The van der Waals surface area contributed by atoms with Gasteiger partial charge in [0.25, 0.3) is 0 Å². The fourth-order valence-corrected chi connectivity index (χ4v) is 8.29. The fraction of sp³-hybridized carbons (Fsp3) is 0.625. The highest BCUT2D eigenvalue weighted by molar-refractivity contribution is 8.02. The van der Waals surface area contributed by atoms with Crippen molar-refractivity contribution in [3.63, 3.8) is 0 Å². The molecule has 32 heavy (non-hydrogen) atoms. The maximum atomic E-state index is 13.8. The van der Waals surface area contributed by atoms with Gasteiger partial charge in [-0.1, -0.05) is 25.1 Å². The molecular weight excluding hydrogens is 426 g/mol. The number of carbonyl (C=O) groups excluding carboxylic acids is 3. The molecule has 174 valence electrons. The molecule has 3 fully saturated rings. The second-order valence-electron chi connectivity index (χ2n) is 9.53. The zero-order valence-corrected chi connectivity index (χ0v) is 19.7. The molecule has 0 aliphatic carbocycles. The monoisotopic (exact) mass is 459 g/mol. The highest BCUT2D eigenvalue weighted by Crippen LogP contribution is 2.68. The molecule has 3 heterocycles. The van der Waals surface area contributed by atoms with Gasteiger partial charge in [-0.05, 0) is 51.2 Å². The number of hydrogen-bond acceptors (Lipinski definition) is 5. The topological polar surface area (TPSA) is 98.7 Å². The van der Waals surface area contributed by atoms with Crippen LogP contribution in [-0.2, 0) is 14.4 Å². The van der Waals surface area contributed by atoms with Crippen LogP contribution in [-0.4, -0.2) is 63.0 Å². The largest absolute Gasteiger partial charge is 0.396 e. The predicted octanol–water partition coefficient (Wildman–Crippen LogP) is 2.26. The number of fused-ring (bicyclic) bond motifs is 1. The highest BCUT2D eigenvalue weighted by atomic mass is 32.2. The van der Waals surface area contributed by atoms with E-state index in [1.807, 2.05) is 44.2 Å². The second kappa shape index (κ2) is 9.06. The molecule has 0 saturated carbocycles. The minimum Gasteiger partial charge on any atom is -0.396 e. The molecule has 3 aliphatic heterocycles. The summed E-state index contributed by atoms with van der Waals surface area (Å²) >= 11 is 1.68. The number of carbonyl (C=O) groups is 3. The molecule has 3 N–H and O–H groups in total. The van der Waals surface area contributed by atoms with Crippen LogP contribution in [0.3, 0.4) is 0 Å². The number of likely N-dealkylation sites (tertiary alicyclic amines) is 1. The Morgan fingerprint density at radius 3 is 2.59 bits per heavy atom. The van der Waals surface area contributed by atoms with Crippen LogP contribution in [0, 0.1) is 17.8 Å². The van der Waals surface area contributed by atoms with Crippen molar-refractivity contribution in [2.45, 2.75) is 62.1 Å². The van der Waals surface area contributed by atoms with E-state index in [0.717, 1.165) is 6.42 Å². The summed E-state index contributed by atoms with van der Waals surface area (Å²) in [6.45, 7) is 6.41. The zero-order chi connectivity index (χ0) is 23.0. The zero-order valence-electron chi connectivity index (χ0n) is 18.9. The summed E-state index contributed by atoms with van der Waals surface area (Å²) in [7, 11) is 0. The normalized spacial score (nSPS) is 33.0. The van der Waals surface area contributed by atoms with Gasteiger partial charge in [0.2, 0.25) is 17.7 Å². The van der Waals surface area contributed by atoms with Crippen molar-refractivity contribution in [1.29, 1.82) is 0 Å². The lowest BCUT2D eigenvalue weighted by atomic mass is 9.66. The number of benzene rings is 1. The molecular formula is C24H33N3O4S. The molecule has 2 bridgehead atoms. The lowest BCUT2D eigenvalue weighted by Gasteiger charge is -2.39. The van der Waals surface area contributed by atoms with Crippen molar-refractivity contribution in [3.8, 4) is 0 Å². The third-order valence-electron chi connectivity index (χ3n) is 7.08. The average molecular weight is 460 g/mol. The number of amides is 3. The van der Waals surface area contributed by atoms with Crippen LogP contribution in [0.4, 0.5) is 5.69 Å². The van der Waals surface area contributed by atoms with Gasteiger partial charge in [0.1, 0.15) is 6.04 Å². The maximum absolute atomic E-state index is 13.8. The third-order valence-corrected chi connectivity index (χ3v) is 9.15. The van der Waals surface area contributed by atoms with Crippen LogP contribution < -0.4 is 10.6 Å². The van der Waals surface area contributed by atoms with Gasteiger partial charge >= 0.3 is 0 Å². The number of aliphatic hydroxyl groups excluding tert-OH is 1. The first-order valence-electron chi connectivity index (χ1n) is 11.6. The summed E-state index contributed by atoms with van der Waals surface area (Å²) in [4.78, 5) is 42.3. The number of aliphatic hydroxyl groups is 1. The molecule has 3 saturated heterocycles. The van der Waals surface area contributed by atoms with E-state index in [0.29, 0.717) is 25.1 Å². The van der Waals surface area contributed by atoms with Gasteiger partial charge in [-0.15, -0.1) is 11.8 Å². The summed E-state index contributed by atoms with van der Waals surface area (Å²) in [6, 6.07) is 8.67. The summed E-state index contributed by atoms with van der Waals surface area (Å²) in [5.41, 5.74) is 0.715. The molecule has 1 aromatic rings. The van der Waals surface area contributed by atoms with Gasteiger partial charge in [0.05, 0.1) is 16.6 Å². The molecule has 0 aromatic heterocycles. The first-order valence-corrected chi connectivity index (χ1v) is 12.4. The molecule has 6 atom stereocenters. The quantitative estimate of drug-likeness (QED) is 0.518. The van der Waals surface area contributed by atoms with E-state index in [1.165, 1.54) is 0 Å². The number of nitrogens with one attached hydrogen (secondary N) is 2. The van der Waals surface area contributed by atoms with E-state index in [9.17, 15) is 19.5 Å². The molecule has 0 radical (unpaired) electrons. The van der Waals surface area contributed by atoms with Crippen molar-refractivity contribution in [2.75, 3.05) is 18.5 Å². The van der Waals surface area contributed by atoms with Gasteiger partial charge in [0.15, 0.2) is 0 Å². The summed E-state index contributed by atoms with van der Waals surface area (Å²) in [5, 5.41) is 15.3. The second-order valence-corrected chi connectivity index (χ2v) is 11.1. The first-order chi connectivity index (χ1) is 15.3. The summed E-state index contributed by atoms with van der Waals surface area (Å²) < 4.78 is -0.599. The number of unbranched alkanes of at least 4 members (excludes halogenated alkanes) is 1. The Bertz CT molecular complexity index is 879. The standard InChI is InChI=1S/C24H33N3O4S/c1-14(2)25-22(30)20-24-15(3)13-17(32-24)18(21(29)26-16-9-5-4-6-10-16)19(24)23(31)27(20)11-7-8-12-28/h4-6,9-10,14-15,17-20,28H,7-8,11-13H2,1-3H3,(H,25,30)(H,26,29)/t15?,17-,18+,19+,20?,24?/m1/s1. The highest BCUT2D eigenvalue weighted by Gasteiger charge is 2.75. The lowest BCUT2D eigenvalue weighted by molar-refractivity contribution is -0.139. The lowest BCUT2D eigenvalue weighted by Crippen LogP contribution is -2.57. The van der Waals surface area contributed by atoms with E-state index >= 15 is 0 Å². The molecule has 3 aliphatic rings. The minimum absolute atomic E-state index is 0.0246. The molecule has 1 spiro atoms. The Hall–Kier alpha value is -2.06. The van der Waals surface area contributed by atoms with E-state index < -0.39 is 22.6 Å². The van der Waals surface area contributed by atoms with Crippen LogP contribution >= 0.6 is 11.8 Å². The van der Waals surface area contributed by atoms with Gasteiger partial charge in [-0.2, -0.15) is 0 Å². The van der Waals surface area contributed by atoms with Crippen LogP contribution in [0.2, 0.25) is 0 Å². The number of nitrogens with zero attached hydrogens (tertiary/aromatic N) is 1. The smallest absolute Gasteiger partial charge is 0.244 e. The van der Waals surface area contributed by atoms with Crippen LogP contribution in [0.25, 0.3) is 0 Å². The Labute approximate surface area is 193 Å². The molecule has 7 nitrogen and oxygen atoms in total. The van der Waals surface area contributed by atoms with Gasteiger partial charge in [0, 0.05) is 30.1 Å². The van der Waals surface area contributed by atoms with Gasteiger partial charge < -0.3 is 20.6 Å². The minimum atomic E-state index is -0.599. The van der Waals surface area contributed by atoms with Crippen molar-refractivity contribution < 1.29 is 19.5 Å².